The maximum atomic E-state index is 11.1. The van der Waals surface area contributed by atoms with Gasteiger partial charge in [-0.25, -0.2) is 4.98 Å². The largest absolute Gasteiger partial charge is 0.481 e. The zero-order chi connectivity index (χ0) is 12.7. The fraction of sp³-hybridized carbons (Fsp3) is 0.385. The summed E-state index contributed by atoms with van der Waals surface area (Å²) in [4.78, 5) is 15.5. The number of carbonyl (C=O) groups is 1. The average molecular weight is 246 g/mol. The molecule has 1 saturated carbocycles. The molecule has 94 valence electrons. The van der Waals surface area contributed by atoms with Crippen LogP contribution in [0.1, 0.15) is 36.1 Å². The summed E-state index contributed by atoms with van der Waals surface area (Å²) in [6, 6.07) is 5.28. The highest BCUT2D eigenvalue weighted by atomic mass is 16.4. The molecular formula is C13H14N2O3. The molecule has 0 radical (unpaired) electrons. The molecule has 1 atom stereocenters. The highest BCUT2D eigenvalue weighted by Crippen LogP contribution is 2.40. The predicted molar refractivity (Wildman–Crippen MR) is 65.4 cm³/mol. The molecule has 2 aromatic rings. The fourth-order valence-corrected chi connectivity index (χ4v) is 2.06. The van der Waals surface area contributed by atoms with Crippen molar-refractivity contribution in [1.82, 2.24) is 4.98 Å². The number of oxazole rings is 1. The van der Waals surface area contributed by atoms with E-state index in [0.717, 1.165) is 18.7 Å². The van der Waals surface area contributed by atoms with Crippen molar-refractivity contribution in [3.63, 3.8) is 0 Å². The number of aromatic nitrogens is 1. The van der Waals surface area contributed by atoms with Gasteiger partial charge in [0.2, 0.25) is 0 Å². The van der Waals surface area contributed by atoms with Crippen molar-refractivity contribution < 1.29 is 14.3 Å². The van der Waals surface area contributed by atoms with Crippen LogP contribution in [0.25, 0.3) is 11.1 Å². The Balaban J connectivity index is 2.01. The topological polar surface area (TPSA) is 89.4 Å². The number of aliphatic carboxylic acids is 1. The molecular weight excluding hydrogens is 232 g/mol. The first-order chi connectivity index (χ1) is 8.69. The Labute approximate surface area is 104 Å². The van der Waals surface area contributed by atoms with Gasteiger partial charge < -0.3 is 15.3 Å². The van der Waals surface area contributed by atoms with Gasteiger partial charge in [-0.05, 0) is 30.5 Å². The first-order valence-electron chi connectivity index (χ1n) is 6.02. The van der Waals surface area contributed by atoms with Crippen LogP contribution in [0.2, 0.25) is 0 Å². The summed E-state index contributed by atoms with van der Waals surface area (Å²) >= 11 is 0. The maximum Gasteiger partial charge on any atom is 0.312 e. The molecule has 1 fully saturated rings. The summed E-state index contributed by atoms with van der Waals surface area (Å²) in [6.45, 7) is 0.0776. The van der Waals surface area contributed by atoms with Gasteiger partial charge in [-0.15, -0.1) is 0 Å². The number of benzene rings is 1. The Morgan fingerprint density at radius 2 is 2.33 bits per heavy atom. The van der Waals surface area contributed by atoms with Gasteiger partial charge in [0.25, 0.3) is 0 Å². The number of hydrogen-bond donors (Lipinski definition) is 2. The summed E-state index contributed by atoms with van der Waals surface area (Å²) in [5.74, 6) is -0.384. The highest BCUT2D eigenvalue weighted by molar-refractivity contribution is 5.80. The highest BCUT2D eigenvalue weighted by Gasteiger charge is 2.29. The Hall–Kier alpha value is -1.88. The number of fused-ring (bicyclic) bond motifs is 1. The van der Waals surface area contributed by atoms with E-state index in [2.05, 4.69) is 4.98 Å². The smallest absolute Gasteiger partial charge is 0.312 e. The molecule has 0 spiro atoms. The third-order valence-corrected chi connectivity index (χ3v) is 3.29. The van der Waals surface area contributed by atoms with E-state index in [1.807, 2.05) is 0 Å². The molecule has 0 saturated heterocycles. The second-order valence-corrected chi connectivity index (χ2v) is 4.68. The minimum absolute atomic E-state index is 0.0776. The van der Waals surface area contributed by atoms with Crippen LogP contribution in [0.15, 0.2) is 22.6 Å². The molecule has 1 aromatic carbocycles. The zero-order valence-corrected chi connectivity index (χ0v) is 9.80. The first-order valence-corrected chi connectivity index (χ1v) is 6.02. The monoisotopic (exact) mass is 246 g/mol. The summed E-state index contributed by atoms with van der Waals surface area (Å²) in [5, 5.41) is 9.08. The van der Waals surface area contributed by atoms with E-state index < -0.39 is 11.9 Å². The lowest BCUT2D eigenvalue weighted by Gasteiger charge is -2.08. The maximum absolute atomic E-state index is 11.1. The molecule has 0 bridgehead atoms. The van der Waals surface area contributed by atoms with Crippen molar-refractivity contribution in [1.29, 1.82) is 0 Å². The minimum atomic E-state index is -0.914. The Kier molecular flexibility index (Phi) is 2.56. The molecule has 5 nitrogen and oxygen atoms in total. The quantitative estimate of drug-likeness (QED) is 0.859. The number of nitrogens with zero attached hydrogens (tertiary/aromatic N) is 1. The Bertz CT molecular complexity index is 601. The summed E-state index contributed by atoms with van der Waals surface area (Å²) in [7, 11) is 0. The van der Waals surface area contributed by atoms with Gasteiger partial charge in [0, 0.05) is 12.5 Å². The van der Waals surface area contributed by atoms with Gasteiger partial charge in [-0.3, -0.25) is 4.79 Å². The van der Waals surface area contributed by atoms with Gasteiger partial charge in [0.05, 0.1) is 5.92 Å². The van der Waals surface area contributed by atoms with Crippen molar-refractivity contribution >= 4 is 17.1 Å². The van der Waals surface area contributed by atoms with Gasteiger partial charge in [0.15, 0.2) is 11.5 Å². The molecule has 0 aliphatic heterocycles. The molecule has 1 aliphatic rings. The van der Waals surface area contributed by atoms with E-state index in [4.69, 9.17) is 15.3 Å². The number of nitrogens with two attached hydrogens (primary N) is 1. The molecule has 3 rings (SSSR count). The van der Waals surface area contributed by atoms with Gasteiger partial charge >= 0.3 is 5.97 Å². The van der Waals surface area contributed by atoms with Gasteiger partial charge in [-0.1, -0.05) is 6.07 Å². The third-order valence-electron chi connectivity index (χ3n) is 3.29. The number of rotatable bonds is 4. The van der Waals surface area contributed by atoms with Crippen molar-refractivity contribution in [3.05, 3.63) is 29.7 Å². The lowest BCUT2D eigenvalue weighted by molar-refractivity contribution is -0.138. The van der Waals surface area contributed by atoms with E-state index in [0.29, 0.717) is 22.6 Å². The van der Waals surface area contributed by atoms with Gasteiger partial charge in [-0.2, -0.15) is 0 Å². The number of carboxylic acids is 1. The van der Waals surface area contributed by atoms with Crippen molar-refractivity contribution in [2.24, 2.45) is 5.73 Å². The van der Waals surface area contributed by atoms with Crippen LogP contribution in [0, 0.1) is 0 Å². The van der Waals surface area contributed by atoms with Crippen LogP contribution >= 0.6 is 0 Å². The van der Waals surface area contributed by atoms with Crippen LogP contribution < -0.4 is 5.73 Å². The summed E-state index contributed by atoms with van der Waals surface area (Å²) in [5.41, 5.74) is 7.59. The Morgan fingerprint density at radius 3 is 2.94 bits per heavy atom. The lowest BCUT2D eigenvalue weighted by atomic mass is 9.99. The molecule has 1 unspecified atom stereocenters. The van der Waals surface area contributed by atoms with Crippen LogP contribution in [-0.4, -0.2) is 22.6 Å². The standard InChI is InChI=1S/C13H14N2O3/c14-6-9(13(16)17)8-3-4-11-10(5-8)15-12(18-11)7-1-2-7/h3-5,7,9H,1-2,6,14H2,(H,16,17). The van der Waals surface area contributed by atoms with Crippen LogP contribution in [0.4, 0.5) is 0 Å². The lowest BCUT2D eigenvalue weighted by Crippen LogP contribution is -2.20. The summed E-state index contributed by atoms with van der Waals surface area (Å²) < 4.78 is 5.63. The average Bonchev–Trinajstić information content (AvgIpc) is 3.10. The fourth-order valence-electron chi connectivity index (χ4n) is 2.06. The van der Waals surface area contributed by atoms with Crippen molar-refractivity contribution in [2.45, 2.75) is 24.7 Å². The molecule has 1 heterocycles. The van der Waals surface area contributed by atoms with Crippen LogP contribution in [-0.2, 0) is 4.79 Å². The summed E-state index contributed by atoms with van der Waals surface area (Å²) in [6.07, 6.45) is 2.25. The minimum Gasteiger partial charge on any atom is -0.481 e. The van der Waals surface area contributed by atoms with E-state index in [9.17, 15) is 4.79 Å². The first kappa shape index (κ1) is 11.2. The van der Waals surface area contributed by atoms with E-state index in [1.165, 1.54) is 0 Å². The molecule has 1 aromatic heterocycles. The number of carboxylic acid groups (broad SMARTS) is 1. The predicted octanol–water partition coefficient (Wildman–Crippen LogP) is 1.83. The second-order valence-electron chi connectivity index (χ2n) is 4.68. The Morgan fingerprint density at radius 1 is 1.56 bits per heavy atom. The molecule has 1 aliphatic carbocycles. The molecule has 0 amide bonds. The van der Waals surface area contributed by atoms with Gasteiger partial charge in [0.1, 0.15) is 5.52 Å². The third kappa shape index (κ3) is 1.86. The van der Waals surface area contributed by atoms with Crippen LogP contribution in [0.3, 0.4) is 0 Å². The SMILES string of the molecule is NCC(C(=O)O)c1ccc2oc(C3CC3)nc2c1. The molecule has 18 heavy (non-hydrogen) atoms. The molecule has 5 heteroatoms. The van der Waals surface area contributed by atoms with E-state index in [1.54, 1.807) is 18.2 Å². The molecule has 3 N–H and O–H groups in total. The van der Waals surface area contributed by atoms with E-state index >= 15 is 0 Å². The number of hydrogen-bond acceptors (Lipinski definition) is 4. The second kappa shape index (κ2) is 4.10. The van der Waals surface area contributed by atoms with Crippen LogP contribution in [0.5, 0.6) is 0 Å². The zero-order valence-electron chi connectivity index (χ0n) is 9.80. The van der Waals surface area contributed by atoms with Crippen molar-refractivity contribution in [3.8, 4) is 0 Å². The van der Waals surface area contributed by atoms with Crippen molar-refractivity contribution in [2.75, 3.05) is 6.54 Å². The van der Waals surface area contributed by atoms with E-state index in [-0.39, 0.29) is 6.54 Å². The normalized spacial score (nSPS) is 16.9.